The second-order valence-corrected chi connectivity index (χ2v) is 6.25. The van der Waals surface area contributed by atoms with Gasteiger partial charge >= 0.3 is 0 Å². The Morgan fingerprint density at radius 1 is 1.12 bits per heavy atom. The van der Waals surface area contributed by atoms with Crippen LogP contribution in [0.2, 0.25) is 0 Å². The smallest absolute Gasteiger partial charge is 0.244 e. The maximum Gasteiger partial charge on any atom is 0.244 e. The first kappa shape index (κ1) is 14.8. The molecule has 2 aromatic carbocycles. The lowest BCUT2D eigenvalue weighted by atomic mass is 10.1. The van der Waals surface area contributed by atoms with Crippen LogP contribution < -0.4 is 14.8 Å². The van der Waals surface area contributed by atoms with E-state index >= 15 is 0 Å². The Hall–Kier alpha value is -2.80. The number of nitrogens with zero attached hydrogens (tertiary/aromatic N) is 2. The number of amidine groups is 1. The summed E-state index contributed by atoms with van der Waals surface area (Å²) < 4.78 is 10.6. The van der Waals surface area contributed by atoms with Gasteiger partial charge in [0, 0.05) is 0 Å². The molecule has 0 spiro atoms. The largest absolute Gasteiger partial charge is 0.454 e. The lowest BCUT2D eigenvalue weighted by Gasteiger charge is -2.03. The SMILES string of the molecule is O=C1NC(=N/N=C\c2ccc3c(c2)OCO3)S[C@@H]1c1ccccc1. The zero-order chi connectivity index (χ0) is 16.4. The lowest BCUT2D eigenvalue weighted by molar-refractivity contribution is -0.118. The summed E-state index contributed by atoms with van der Waals surface area (Å²) in [5.74, 6) is 1.34. The number of ether oxygens (including phenoxy) is 2. The first-order valence-electron chi connectivity index (χ1n) is 7.33. The van der Waals surface area contributed by atoms with Crippen LogP contribution in [0.1, 0.15) is 16.4 Å². The van der Waals surface area contributed by atoms with E-state index in [0.717, 1.165) is 16.9 Å². The second kappa shape index (κ2) is 6.37. The van der Waals surface area contributed by atoms with Crippen molar-refractivity contribution in [2.75, 3.05) is 6.79 Å². The van der Waals surface area contributed by atoms with Gasteiger partial charge in [0.1, 0.15) is 5.25 Å². The van der Waals surface area contributed by atoms with Gasteiger partial charge in [0.05, 0.1) is 6.21 Å². The van der Waals surface area contributed by atoms with E-state index in [1.165, 1.54) is 11.8 Å². The predicted molar refractivity (Wildman–Crippen MR) is 92.5 cm³/mol. The van der Waals surface area contributed by atoms with Crippen LogP contribution in [0.25, 0.3) is 0 Å². The number of carbonyl (C=O) groups excluding carboxylic acids is 1. The fourth-order valence-electron chi connectivity index (χ4n) is 2.40. The van der Waals surface area contributed by atoms with Gasteiger partial charge in [-0.25, -0.2) is 0 Å². The molecule has 0 bridgehead atoms. The van der Waals surface area contributed by atoms with E-state index in [9.17, 15) is 4.79 Å². The lowest BCUT2D eigenvalue weighted by Crippen LogP contribution is -2.21. The Morgan fingerprint density at radius 2 is 1.96 bits per heavy atom. The molecule has 24 heavy (non-hydrogen) atoms. The maximum absolute atomic E-state index is 12.1. The third-order valence-electron chi connectivity index (χ3n) is 3.55. The minimum Gasteiger partial charge on any atom is -0.454 e. The maximum atomic E-state index is 12.1. The van der Waals surface area contributed by atoms with Gasteiger partial charge in [0.2, 0.25) is 12.7 Å². The van der Waals surface area contributed by atoms with Crippen molar-refractivity contribution in [3.8, 4) is 11.5 Å². The molecule has 0 unspecified atom stereocenters. The third kappa shape index (κ3) is 2.98. The fourth-order valence-corrected chi connectivity index (χ4v) is 3.34. The summed E-state index contributed by atoms with van der Waals surface area (Å²) in [6, 6.07) is 15.1. The Labute approximate surface area is 142 Å². The van der Waals surface area contributed by atoms with Crippen LogP contribution in [0.15, 0.2) is 58.7 Å². The van der Waals surface area contributed by atoms with Crippen molar-refractivity contribution in [3.63, 3.8) is 0 Å². The van der Waals surface area contributed by atoms with E-state index in [2.05, 4.69) is 15.5 Å². The van der Waals surface area contributed by atoms with Gasteiger partial charge in [-0.15, -0.1) is 5.10 Å². The van der Waals surface area contributed by atoms with E-state index < -0.39 is 0 Å². The summed E-state index contributed by atoms with van der Waals surface area (Å²) in [4.78, 5) is 12.1. The number of nitrogens with one attached hydrogen (secondary N) is 1. The summed E-state index contributed by atoms with van der Waals surface area (Å²) >= 11 is 1.36. The van der Waals surface area contributed by atoms with Crippen molar-refractivity contribution >= 4 is 29.1 Å². The van der Waals surface area contributed by atoms with Crippen molar-refractivity contribution in [3.05, 3.63) is 59.7 Å². The van der Waals surface area contributed by atoms with Gasteiger partial charge in [0.15, 0.2) is 16.7 Å². The third-order valence-corrected chi connectivity index (χ3v) is 4.68. The van der Waals surface area contributed by atoms with Crippen molar-refractivity contribution in [1.29, 1.82) is 0 Å². The molecule has 120 valence electrons. The molecule has 2 aliphatic rings. The molecule has 0 aliphatic carbocycles. The van der Waals surface area contributed by atoms with E-state index in [0.29, 0.717) is 10.9 Å². The molecule has 4 rings (SSSR count). The van der Waals surface area contributed by atoms with Crippen LogP contribution in [-0.2, 0) is 4.79 Å². The second-order valence-electron chi connectivity index (χ2n) is 5.16. The van der Waals surface area contributed by atoms with Crippen LogP contribution in [-0.4, -0.2) is 24.1 Å². The number of hydrogen-bond donors (Lipinski definition) is 1. The Morgan fingerprint density at radius 3 is 2.83 bits per heavy atom. The molecule has 1 amide bonds. The predicted octanol–water partition coefficient (Wildman–Crippen LogP) is 2.71. The van der Waals surface area contributed by atoms with Gasteiger partial charge in [-0.1, -0.05) is 42.1 Å². The van der Waals surface area contributed by atoms with Crippen LogP contribution in [0.3, 0.4) is 0 Å². The van der Waals surface area contributed by atoms with Gasteiger partial charge < -0.3 is 14.8 Å². The number of carbonyl (C=O) groups is 1. The minimum atomic E-state index is -0.286. The summed E-state index contributed by atoms with van der Waals surface area (Å²) in [6.07, 6.45) is 1.61. The highest BCUT2D eigenvalue weighted by Crippen LogP contribution is 2.34. The van der Waals surface area contributed by atoms with Crippen molar-refractivity contribution in [2.24, 2.45) is 10.2 Å². The quantitative estimate of drug-likeness (QED) is 0.689. The number of hydrogen-bond acceptors (Lipinski definition) is 6. The molecule has 0 radical (unpaired) electrons. The van der Waals surface area contributed by atoms with Crippen LogP contribution in [0, 0.1) is 0 Å². The Kier molecular flexibility index (Phi) is 3.92. The zero-order valence-corrected chi connectivity index (χ0v) is 13.3. The monoisotopic (exact) mass is 339 g/mol. The molecule has 2 heterocycles. The first-order chi connectivity index (χ1) is 11.8. The highest BCUT2D eigenvalue weighted by molar-refractivity contribution is 8.15. The van der Waals surface area contributed by atoms with Crippen molar-refractivity contribution in [1.82, 2.24) is 5.32 Å². The first-order valence-corrected chi connectivity index (χ1v) is 8.21. The molecule has 7 heteroatoms. The molecule has 2 aliphatic heterocycles. The average Bonchev–Trinajstić information content (AvgIpc) is 3.21. The highest BCUT2D eigenvalue weighted by Gasteiger charge is 2.31. The van der Waals surface area contributed by atoms with Gasteiger partial charge in [-0.3, -0.25) is 4.79 Å². The molecule has 0 aromatic heterocycles. The summed E-state index contributed by atoms with van der Waals surface area (Å²) in [5.41, 5.74) is 1.79. The average molecular weight is 339 g/mol. The molecule has 1 fully saturated rings. The van der Waals surface area contributed by atoms with Crippen LogP contribution in [0.4, 0.5) is 0 Å². The Balaban J connectivity index is 1.46. The number of thioether (sulfide) groups is 1. The number of benzene rings is 2. The molecule has 1 saturated heterocycles. The molecule has 1 N–H and O–H groups in total. The van der Waals surface area contributed by atoms with E-state index in [1.54, 1.807) is 6.21 Å². The van der Waals surface area contributed by atoms with Crippen LogP contribution in [0.5, 0.6) is 11.5 Å². The standard InChI is InChI=1S/C17H13N3O3S/c21-16-15(12-4-2-1-3-5-12)24-17(19-16)20-18-9-11-6-7-13-14(8-11)23-10-22-13/h1-9,15H,10H2,(H,19,20,21)/b18-9-/t15-/m1/s1. The summed E-state index contributed by atoms with van der Waals surface area (Å²) in [6.45, 7) is 0.238. The minimum absolute atomic E-state index is 0.0803. The highest BCUT2D eigenvalue weighted by atomic mass is 32.2. The molecule has 2 aromatic rings. The normalized spacial score (nSPS) is 20.8. The Bertz CT molecular complexity index is 836. The van der Waals surface area contributed by atoms with Crippen LogP contribution >= 0.6 is 11.8 Å². The fraction of sp³-hybridized carbons (Fsp3) is 0.118. The van der Waals surface area contributed by atoms with Gasteiger partial charge in [-0.05, 0) is 29.3 Å². The van der Waals surface area contributed by atoms with Crippen molar-refractivity contribution < 1.29 is 14.3 Å². The molecular formula is C17H13N3O3S. The molecule has 0 saturated carbocycles. The molecular weight excluding hydrogens is 326 g/mol. The zero-order valence-electron chi connectivity index (χ0n) is 12.5. The van der Waals surface area contributed by atoms with E-state index in [4.69, 9.17) is 9.47 Å². The number of fused-ring (bicyclic) bond motifs is 1. The number of amides is 1. The summed E-state index contributed by atoms with van der Waals surface area (Å²) in [7, 11) is 0. The topological polar surface area (TPSA) is 72.3 Å². The molecule has 1 atom stereocenters. The summed E-state index contributed by atoms with van der Waals surface area (Å²) in [5, 5.41) is 11.1. The van der Waals surface area contributed by atoms with Gasteiger partial charge in [-0.2, -0.15) is 5.10 Å². The van der Waals surface area contributed by atoms with E-state index in [-0.39, 0.29) is 18.0 Å². The van der Waals surface area contributed by atoms with E-state index in [1.807, 2.05) is 48.5 Å². The molecule has 6 nitrogen and oxygen atoms in total. The number of rotatable bonds is 3. The van der Waals surface area contributed by atoms with Gasteiger partial charge in [0.25, 0.3) is 0 Å². The van der Waals surface area contributed by atoms with Crippen molar-refractivity contribution in [2.45, 2.75) is 5.25 Å².